The second kappa shape index (κ2) is 8.76. The van der Waals surface area contributed by atoms with Crippen LogP contribution in [-0.2, 0) is 23.6 Å². The van der Waals surface area contributed by atoms with Crippen molar-refractivity contribution in [3.8, 4) is 0 Å². The highest BCUT2D eigenvalue weighted by Gasteiger charge is 2.36. The van der Waals surface area contributed by atoms with E-state index in [0.717, 1.165) is 12.6 Å². The van der Waals surface area contributed by atoms with E-state index >= 15 is 0 Å². The Hall–Kier alpha value is -1.04. The van der Waals surface area contributed by atoms with E-state index in [4.69, 9.17) is 23.6 Å². The van der Waals surface area contributed by atoms with Crippen molar-refractivity contribution in [1.29, 1.82) is 0 Å². The molecule has 0 bridgehead atoms. The maximum atomic E-state index is 6.45. The summed E-state index contributed by atoms with van der Waals surface area (Å²) in [4.78, 5) is 0. The molecule has 28 heavy (non-hydrogen) atoms. The molecule has 1 aliphatic heterocycles. The molecule has 0 nitrogen and oxygen atoms in total. The molecule has 0 aromatic heterocycles. The molecule has 1 heterocycles. The van der Waals surface area contributed by atoms with Gasteiger partial charge in [0.2, 0.25) is 0 Å². The summed E-state index contributed by atoms with van der Waals surface area (Å²) < 4.78 is 0. The summed E-state index contributed by atoms with van der Waals surface area (Å²) in [6.45, 7) is 0. The lowest BCUT2D eigenvalue weighted by molar-refractivity contribution is 0.760. The molecule has 0 aliphatic carbocycles. The second-order valence-electron chi connectivity index (χ2n) is 7.57. The van der Waals surface area contributed by atoms with Gasteiger partial charge in [0.05, 0.1) is 0 Å². The van der Waals surface area contributed by atoms with E-state index in [-0.39, 0.29) is 0 Å². The van der Waals surface area contributed by atoms with Crippen molar-refractivity contribution >= 4 is 51.6 Å². The first kappa shape index (κ1) is 20.2. The van der Waals surface area contributed by atoms with Crippen LogP contribution in [0.5, 0.6) is 0 Å². The van der Waals surface area contributed by atoms with Crippen LogP contribution in [0.4, 0.5) is 0 Å². The predicted octanol–water partition coefficient (Wildman–Crippen LogP) is 5.47. The lowest BCUT2D eigenvalue weighted by atomic mass is 10.2. The average molecular weight is 441 g/mol. The van der Waals surface area contributed by atoms with Gasteiger partial charge >= 0.3 is 0 Å². The van der Waals surface area contributed by atoms with Crippen molar-refractivity contribution < 1.29 is 0 Å². The Labute approximate surface area is 179 Å². The normalized spacial score (nSPS) is 22.2. The molecule has 1 unspecified atom stereocenters. The minimum Gasteiger partial charge on any atom is -0.0923 e. The van der Waals surface area contributed by atoms with Gasteiger partial charge in [0.25, 0.3) is 0 Å². The van der Waals surface area contributed by atoms with Crippen molar-refractivity contribution in [2.45, 2.75) is 24.9 Å². The van der Waals surface area contributed by atoms with E-state index in [2.05, 4.69) is 91.0 Å². The molecule has 0 amide bonds. The van der Waals surface area contributed by atoms with Gasteiger partial charge in [-0.05, 0) is 59.2 Å². The first-order valence-corrected chi connectivity index (χ1v) is 16.0. The Kier molecular flexibility index (Phi) is 6.34. The third-order valence-corrected chi connectivity index (χ3v) is 16.8. The number of benzene rings is 3. The highest BCUT2D eigenvalue weighted by Crippen LogP contribution is 2.60. The quantitative estimate of drug-likeness (QED) is 0.466. The van der Waals surface area contributed by atoms with Gasteiger partial charge in [-0.3, -0.25) is 0 Å². The topological polar surface area (TPSA) is 0 Å². The third kappa shape index (κ3) is 3.99. The van der Waals surface area contributed by atoms with Crippen LogP contribution in [0, 0.1) is 0 Å². The van der Waals surface area contributed by atoms with Gasteiger partial charge in [-0.15, -0.1) is 0 Å². The third-order valence-electron chi connectivity index (χ3n) is 5.93. The van der Waals surface area contributed by atoms with Crippen molar-refractivity contribution in [3.05, 3.63) is 91.0 Å². The molecule has 4 heteroatoms. The van der Waals surface area contributed by atoms with E-state index in [1.807, 2.05) is 0 Å². The second-order valence-corrected chi connectivity index (χ2v) is 17.6. The zero-order chi connectivity index (χ0) is 19.5. The fourth-order valence-corrected chi connectivity index (χ4v) is 13.4. The molecule has 3 aromatic carbocycles. The lowest BCUT2D eigenvalue weighted by Crippen LogP contribution is -2.21. The number of hydrogen-bond acceptors (Lipinski definition) is 2. The van der Waals surface area contributed by atoms with Gasteiger partial charge in [-0.1, -0.05) is 115 Å². The zero-order valence-corrected chi connectivity index (χ0v) is 19.4. The molecule has 1 fully saturated rings. The van der Waals surface area contributed by atoms with Gasteiger partial charge in [0, 0.05) is 6.04 Å². The van der Waals surface area contributed by atoms with E-state index in [1.165, 1.54) is 34.9 Å². The molecule has 2 atom stereocenters. The largest absolute Gasteiger partial charge is 0.0923 e. The minimum atomic E-state index is -1.82. The van der Waals surface area contributed by atoms with E-state index in [9.17, 15) is 0 Å². The summed E-state index contributed by atoms with van der Waals surface area (Å²) in [5.41, 5.74) is 0.639. The molecule has 0 radical (unpaired) electrons. The minimum absolute atomic E-state index is 0.639. The monoisotopic (exact) mass is 440 g/mol. The summed E-state index contributed by atoms with van der Waals surface area (Å²) in [6, 6.07) is 29.2. The van der Waals surface area contributed by atoms with Crippen LogP contribution in [-0.4, -0.2) is 18.0 Å². The van der Waals surface area contributed by atoms with Gasteiger partial charge in [0.15, 0.2) is 0 Å². The first-order valence-electron chi connectivity index (χ1n) is 9.98. The predicted molar refractivity (Wildman–Crippen MR) is 134 cm³/mol. The van der Waals surface area contributed by atoms with Crippen LogP contribution in [0.2, 0.25) is 0 Å². The number of rotatable bonds is 6. The zero-order valence-electron chi connectivity index (χ0n) is 16.0. The molecule has 3 aromatic rings. The van der Waals surface area contributed by atoms with Crippen molar-refractivity contribution in [2.24, 2.45) is 0 Å². The highest BCUT2D eigenvalue weighted by atomic mass is 32.4. The molecule has 1 saturated heterocycles. The average Bonchev–Trinajstić information content (AvgIpc) is 3.15. The molecule has 0 saturated carbocycles. The molecule has 0 spiro atoms. The van der Waals surface area contributed by atoms with Crippen LogP contribution >= 0.6 is 12.1 Å². The Balaban J connectivity index is 1.64. The first-order chi connectivity index (χ1) is 13.6. The Bertz CT molecular complexity index is 957. The fraction of sp³-hybridized carbons (Fsp3) is 0.250. The van der Waals surface area contributed by atoms with Gasteiger partial charge in [-0.2, -0.15) is 0 Å². The standard InChI is InChI=1S/C24H26P2S2/c27-25(21-11-4-1-5-12-21)19-10-17-24(25)18-20-26(28,22-13-6-2-7-14-22)23-15-8-3-9-16-23/h1-9,11-16,24H,10,17-20H2/t24-,25?/m0/s1. The molecule has 1 aliphatic rings. The fourth-order valence-electron chi connectivity index (χ4n) is 4.40. The van der Waals surface area contributed by atoms with Gasteiger partial charge < -0.3 is 0 Å². The Morgan fingerprint density at radius 2 is 1.29 bits per heavy atom. The van der Waals surface area contributed by atoms with Crippen LogP contribution in [0.25, 0.3) is 0 Å². The smallest absolute Gasteiger partial charge is 0.0106 e. The van der Waals surface area contributed by atoms with Crippen LogP contribution in [0.1, 0.15) is 19.3 Å². The van der Waals surface area contributed by atoms with Crippen molar-refractivity contribution in [1.82, 2.24) is 0 Å². The molecule has 0 N–H and O–H groups in total. The summed E-state index contributed by atoms with van der Waals surface area (Å²) in [7, 11) is 0. The molecular weight excluding hydrogens is 414 g/mol. The van der Waals surface area contributed by atoms with E-state index in [1.54, 1.807) is 0 Å². The Morgan fingerprint density at radius 1 is 0.786 bits per heavy atom. The van der Waals surface area contributed by atoms with Crippen LogP contribution < -0.4 is 15.9 Å². The van der Waals surface area contributed by atoms with Crippen molar-refractivity contribution in [3.63, 3.8) is 0 Å². The lowest BCUT2D eigenvalue weighted by Gasteiger charge is -2.29. The van der Waals surface area contributed by atoms with Crippen molar-refractivity contribution in [2.75, 3.05) is 12.3 Å². The summed E-state index contributed by atoms with van der Waals surface area (Å²) in [5, 5.41) is 4.10. The van der Waals surface area contributed by atoms with Gasteiger partial charge in [0.1, 0.15) is 0 Å². The molecule has 144 valence electrons. The number of hydrogen-bond donors (Lipinski definition) is 0. The summed E-state index contributed by atoms with van der Waals surface area (Å²) in [6.07, 6.45) is 6.00. The Morgan fingerprint density at radius 3 is 1.82 bits per heavy atom. The highest BCUT2D eigenvalue weighted by molar-refractivity contribution is 8.22. The maximum Gasteiger partial charge on any atom is 0.0106 e. The van der Waals surface area contributed by atoms with E-state index in [0.29, 0.717) is 5.66 Å². The SMILES string of the molecule is S=P(CC[C@@H]1CCCP1(=S)c1ccccc1)(c1ccccc1)c1ccccc1. The van der Waals surface area contributed by atoms with Crippen LogP contribution in [0.15, 0.2) is 91.0 Å². The summed E-state index contributed by atoms with van der Waals surface area (Å²) >= 11 is 12.8. The maximum absolute atomic E-state index is 6.45. The van der Waals surface area contributed by atoms with Gasteiger partial charge in [-0.25, -0.2) is 0 Å². The van der Waals surface area contributed by atoms with E-state index < -0.39 is 12.1 Å². The summed E-state index contributed by atoms with van der Waals surface area (Å²) in [5.74, 6) is 0. The van der Waals surface area contributed by atoms with Crippen LogP contribution in [0.3, 0.4) is 0 Å². The molecular formula is C24H26P2S2. The molecule has 4 rings (SSSR count).